The van der Waals surface area contributed by atoms with Crippen LogP contribution < -0.4 is 11.1 Å². The summed E-state index contributed by atoms with van der Waals surface area (Å²) in [7, 11) is 0. The van der Waals surface area contributed by atoms with Gasteiger partial charge in [0.15, 0.2) is 0 Å². The van der Waals surface area contributed by atoms with Crippen LogP contribution in [0.25, 0.3) is 0 Å². The highest BCUT2D eigenvalue weighted by molar-refractivity contribution is 5.93. The van der Waals surface area contributed by atoms with Crippen molar-refractivity contribution < 1.29 is 4.79 Å². The summed E-state index contributed by atoms with van der Waals surface area (Å²) in [5.41, 5.74) is 6.06. The Morgan fingerprint density at radius 3 is 2.93 bits per heavy atom. The molecule has 1 atom stereocenters. The van der Waals surface area contributed by atoms with Gasteiger partial charge in [-0.05, 0) is 12.5 Å². The van der Waals surface area contributed by atoms with Gasteiger partial charge in [0.25, 0.3) is 5.91 Å². The second-order valence-electron chi connectivity index (χ2n) is 3.33. The molecular formula is C10H16N4O. The fourth-order valence-electron chi connectivity index (χ4n) is 1.29. The lowest BCUT2D eigenvalue weighted by Crippen LogP contribution is -2.40. The van der Waals surface area contributed by atoms with Crippen LogP contribution in [0.3, 0.4) is 0 Å². The summed E-state index contributed by atoms with van der Waals surface area (Å²) in [5.74, 6) is -0.145. The first-order valence-electron chi connectivity index (χ1n) is 5.05. The maximum Gasteiger partial charge on any atom is 0.253 e. The lowest BCUT2D eigenvalue weighted by molar-refractivity contribution is 0.0935. The van der Waals surface area contributed by atoms with Crippen LogP contribution in [0, 0.1) is 0 Å². The molecule has 1 amide bonds. The first-order valence-corrected chi connectivity index (χ1v) is 5.05. The zero-order valence-electron chi connectivity index (χ0n) is 8.81. The third-order valence-electron chi connectivity index (χ3n) is 2.10. The highest BCUT2D eigenvalue weighted by Crippen LogP contribution is 1.98. The van der Waals surface area contributed by atoms with E-state index in [-0.39, 0.29) is 11.9 Å². The van der Waals surface area contributed by atoms with Crippen LogP contribution >= 0.6 is 0 Å². The fraction of sp³-hybridized carbons (Fsp3) is 0.500. The van der Waals surface area contributed by atoms with E-state index in [2.05, 4.69) is 22.4 Å². The van der Waals surface area contributed by atoms with Crippen LogP contribution in [0.1, 0.15) is 30.1 Å². The summed E-state index contributed by atoms with van der Waals surface area (Å²) in [6, 6.07) is 1.66. The number of nitrogens with two attached hydrogens (primary N) is 1. The van der Waals surface area contributed by atoms with E-state index in [9.17, 15) is 4.79 Å². The van der Waals surface area contributed by atoms with Gasteiger partial charge >= 0.3 is 0 Å². The molecule has 15 heavy (non-hydrogen) atoms. The van der Waals surface area contributed by atoms with E-state index >= 15 is 0 Å². The first kappa shape index (κ1) is 11.6. The van der Waals surface area contributed by atoms with Gasteiger partial charge in [0.2, 0.25) is 0 Å². The lowest BCUT2D eigenvalue weighted by atomic mass is 10.1. The van der Waals surface area contributed by atoms with Crippen LogP contribution in [0.2, 0.25) is 0 Å². The van der Waals surface area contributed by atoms with E-state index in [0.717, 1.165) is 12.8 Å². The molecule has 82 valence electrons. The van der Waals surface area contributed by atoms with Crippen molar-refractivity contribution in [3.63, 3.8) is 0 Å². The van der Waals surface area contributed by atoms with Gasteiger partial charge in [-0.2, -0.15) is 10.2 Å². The Hall–Kier alpha value is -1.49. The van der Waals surface area contributed by atoms with Crippen molar-refractivity contribution in [2.24, 2.45) is 5.73 Å². The van der Waals surface area contributed by atoms with Crippen molar-refractivity contribution in [1.82, 2.24) is 15.5 Å². The number of aromatic nitrogens is 2. The third kappa shape index (κ3) is 3.63. The zero-order chi connectivity index (χ0) is 11.1. The second-order valence-corrected chi connectivity index (χ2v) is 3.33. The smallest absolute Gasteiger partial charge is 0.253 e. The molecule has 0 radical (unpaired) electrons. The predicted molar refractivity (Wildman–Crippen MR) is 57.2 cm³/mol. The number of hydrogen-bond acceptors (Lipinski definition) is 4. The predicted octanol–water partition coefficient (Wildman–Crippen LogP) is 0.334. The normalized spacial score (nSPS) is 12.1. The standard InChI is InChI=1S/C10H16N4O/c1-2-3-9(6-11)14-10(15)8-4-5-12-13-7-8/h4-5,7,9H,2-3,6,11H2,1H3,(H,14,15). The molecule has 1 aromatic heterocycles. The molecular weight excluding hydrogens is 192 g/mol. The molecule has 0 aliphatic heterocycles. The van der Waals surface area contributed by atoms with Crippen LogP contribution in [0.15, 0.2) is 18.5 Å². The maximum absolute atomic E-state index is 11.7. The molecule has 0 aromatic carbocycles. The van der Waals surface area contributed by atoms with E-state index in [1.807, 2.05) is 0 Å². The Morgan fingerprint density at radius 1 is 1.60 bits per heavy atom. The largest absolute Gasteiger partial charge is 0.348 e. The highest BCUT2D eigenvalue weighted by atomic mass is 16.1. The van der Waals surface area contributed by atoms with E-state index < -0.39 is 0 Å². The van der Waals surface area contributed by atoms with Gasteiger partial charge in [0.05, 0.1) is 18.0 Å². The molecule has 0 bridgehead atoms. The number of nitrogens with one attached hydrogen (secondary N) is 1. The summed E-state index contributed by atoms with van der Waals surface area (Å²) in [6.45, 7) is 2.51. The summed E-state index contributed by atoms with van der Waals surface area (Å²) in [5, 5.41) is 10.1. The number of nitrogens with zero attached hydrogens (tertiary/aromatic N) is 2. The van der Waals surface area contributed by atoms with Crippen molar-refractivity contribution >= 4 is 5.91 Å². The number of hydrogen-bond donors (Lipinski definition) is 2. The monoisotopic (exact) mass is 208 g/mol. The second kappa shape index (κ2) is 6.08. The van der Waals surface area contributed by atoms with E-state index in [1.54, 1.807) is 6.07 Å². The summed E-state index contributed by atoms with van der Waals surface area (Å²) in [6.07, 6.45) is 4.82. The third-order valence-corrected chi connectivity index (χ3v) is 2.10. The zero-order valence-corrected chi connectivity index (χ0v) is 8.81. The first-order chi connectivity index (χ1) is 7.27. The van der Waals surface area contributed by atoms with Gasteiger partial charge in [-0.3, -0.25) is 4.79 Å². The molecule has 0 spiro atoms. The molecule has 1 heterocycles. The minimum atomic E-state index is -0.145. The molecule has 1 unspecified atom stereocenters. The number of carbonyl (C=O) groups excluding carboxylic acids is 1. The van der Waals surface area contributed by atoms with Crippen molar-refractivity contribution in [1.29, 1.82) is 0 Å². The Morgan fingerprint density at radius 2 is 2.40 bits per heavy atom. The molecule has 5 heteroatoms. The van der Waals surface area contributed by atoms with E-state index in [4.69, 9.17) is 5.73 Å². The van der Waals surface area contributed by atoms with E-state index in [1.165, 1.54) is 12.4 Å². The minimum absolute atomic E-state index is 0.0377. The SMILES string of the molecule is CCCC(CN)NC(=O)c1ccnnc1. The molecule has 1 rings (SSSR count). The maximum atomic E-state index is 11.7. The average molecular weight is 208 g/mol. The Bertz CT molecular complexity index is 302. The summed E-state index contributed by atoms with van der Waals surface area (Å²) < 4.78 is 0. The quantitative estimate of drug-likeness (QED) is 0.730. The highest BCUT2D eigenvalue weighted by Gasteiger charge is 2.11. The van der Waals surface area contributed by atoms with Gasteiger partial charge in [-0.1, -0.05) is 13.3 Å². The molecule has 0 saturated heterocycles. The topological polar surface area (TPSA) is 80.9 Å². The van der Waals surface area contributed by atoms with Crippen LogP contribution in [0.5, 0.6) is 0 Å². The number of carbonyl (C=O) groups is 1. The van der Waals surface area contributed by atoms with Gasteiger partial charge in [-0.15, -0.1) is 0 Å². The number of amides is 1. The fourth-order valence-corrected chi connectivity index (χ4v) is 1.29. The summed E-state index contributed by atoms with van der Waals surface area (Å²) in [4.78, 5) is 11.7. The van der Waals surface area contributed by atoms with Crippen molar-refractivity contribution in [2.45, 2.75) is 25.8 Å². The van der Waals surface area contributed by atoms with Gasteiger partial charge in [-0.25, -0.2) is 0 Å². The molecule has 0 aliphatic rings. The molecule has 3 N–H and O–H groups in total. The van der Waals surface area contributed by atoms with Crippen molar-refractivity contribution in [2.75, 3.05) is 6.54 Å². The van der Waals surface area contributed by atoms with Gasteiger partial charge < -0.3 is 11.1 Å². The Balaban J connectivity index is 2.55. The molecule has 5 nitrogen and oxygen atoms in total. The Kier molecular flexibility index (Phi) is 4.70. The van der Waals surface area contributed by atoms with Crippen molar-refractivity contribution in [3.8, 4) is 0 Å². The van der Waals surface area contributed by atoms with Crippen LogP contribution in [-0.2, 0) is 0 Å². The molecule has 0 fully saturated rings. The minimum Gasteiger partial charge on any atom is -0.348 e. The van der Waals surface area contributed by atoms with Crippen LogP contribution in [-0.4, -0.2) is 28.7 Å². The average Bonchev–Trinajstić information content (AvgIpc) is 2.29. The van der Waals surface area contributed by atoms with E-state index in [0.29, 0.717) is 12.1 Å². The van der Waals surface area contributed by atoms with Crippen molar-refractivity contribution in [3.05, 3.63) is 24.0 Å². The molecule has 0 aliphatic carbocycles. The molecule has 1 aromatic rings. The van der Waals surface area contributed by atoms with Gasteiger partial charge in [0, 0.05) is 12.6 Å². The lowest BCUT2D eigenvalue weighted by Gasteiger charge is -2.15. The van der Waals surface area contributed by atoms with Crippen LogP contribution in [0.4, 0.5) is 0 Å². The summed E-state index contributed by atoms with van der Waals surface area (Å²) >= 11 is 0. The van der Waals surface area contributed by atoms with Gasteiger partial charge in [0.1, 0.15) is 0 Å². The molecule has 0 saturated carbocycles. The Labute approximate surface area is 89.1 Å². The number of rotatable bonds is 5.